The van der Waals surface area contributed by atoms with Gasteiger partial charge in [-0.15, -0.1) is 0 Å². The molecule has 2 N–H and O–H groups in total. The molecule has 3 aromatic rings. The quantitative estimate of drug-likeness (QED) is 0.730. The van der Waals surface area contributed by atoms with Crippen LogP contribution in [0.4, 0.5) is 5.82 Å². The molecule has 116 valence electrons. The van der Waals surface area contributed by atoms with Gasteiger partial charge in [0.2, 0.25) is 0 Å². The first kappa shape index (κ1) is 15.1. The lowest BCUT2D eigenvalue weighted by Crippen LogP contribution is -2.28. The average molecular weight is 318 g/mol. The first-order valence-corrected chi connectivity index (χ1v) is 7.99. The Labute approximate surface area is 134 Å². The largest absolute Gasteiger partial charge is 0.367 e. The third-order valence-electron chi connectivity index (χ3n) is 3.96. The number of hydrogen-bond donors (Lipinski definition) is 2. The van der Waals surface area contributed by atoms with Gasteiger partial charge in [-0.25, -0.2) is 9.97 Å². The Morgan fingerprint density at radius 3 is 2.82 bits per heavy atom. The molecule has 1 aromatic carbocycles. The van der Waals surface area contributed by atoms with Crippen molar-refractivity contribution in [3.63, 3.8) is 0 Å². The Morgan fingerprint density at radius 2 is 2.05 bits per heavy atom. The molecule has 0 saturated heterocycles. The van der Waals surface area contributed by atoms with E-state index in [4.69, 9.17) is 11.6 Å². The highest BCUT2D eigenvalue weighted by atomic mass is 35.5. The van der Waals surface area contributed by atoms with Gasteiger partial charge in [0.05, 0.1) is 0 Å². The summed E-state index contributed by atoms with van der Waals surface area (Å²) in [5.41, 5.74) is 2.85. The van der Waals surface area contributed by atoms with Crippen molar-refractivity contribution in [2.24, 2.45) is 0 Å². The molecule has 0 radical (unpaired) electrons. The summed E-state index contributed by atoms with van der Waals surface area (Å²) in [5, 5.41) is 5.14. The van der Waals surface area contributed by atoms with Crippen LogP contribution in [0.15, 0.2) is 24.5 Å². The van der Waals surface area contributed by atoms with E-state index in [1.165, 1.54) is 0 Å². The number of rotatable bonds is 6. The minimum Gasteiger partial charge on any atom is -0.367 e. The Morgan fingerprint density at radius 1 is 1.23 bits per heavy atom. The van der Waals surface area contributed by atoms with Gasteiger partial charge >= 0.3 is 0 Å². The number of likely N-dealkylation sites (N-methyl/N-ethyl adjacent to an activating group) is 1. The van der Waals surface area contributed by atoms with E-state index in [2.05, 4.69) is 39.0 Å². The summed E-state index contributed by atoms with van der Waals surface area (Å²) in [5.74, 6) is 0.837. The molecule has 0 aliphatic rings. The molecule has 0 unspecified atom stereocenters. The van der Waals surface area contributed by atoms with Crippen molar-refractivity contribution in [2.45, 2.75) is 13.8 Å². The minimum absolute atomic E-state index is 0.711. The Balaban J connectivity index is 1.89. The zero-order valence-electron chi connectivity index (χ0n) is 12.9. The molecule has 0 amide bonds. The van der Waals surface area contributed by atoms with Crippen LogP contribution in [-0.2, 0) is 0 Å². The van der Waals surface area contributed by atoms with Crippen LogP contribution in [-0.4, -0.2) is 46.0 Å². The van der Waals surface area contributed by atoms with Crippen molar-refractivity contribution in [1.29, 1.82) is 0 Å². The maximum atomic E-state index is 6.09. The molecule has 0 bridgehead atoms. The third kappa shape index (κ3) is 2.87. The third-order valence-corrected chi connectivity index (χ3v) is 4.19. The number of aromatic amines is 1. The molecule has 0 spiro atoms. The summed E-state index contributed by atoms with van der Waals surface area (Å²) in [6.07, 6.45) is 1.59. The van der Waals surface area contributed by atoms with Crippen molar-refractivity contribution >= 4 is 39.4 Å². The second kappa shape index (κ2) is 6.50. The molecule has 0 atom stereocenters. The maximum absolute atomic E-state index is 6.09. The maximum Gasteiger partial charge on any atom is 0.153 e. The molecule has 22 heavy (non-hydrogen) atoms. The van der Waals surface area contributed by atoms with Crippen LogP contribution in [0, 0.1) is 0 Å². The number of anilines is 1. The van der Waals surface area contributed by atoms with E-state index in [1.54, 1.807) is 6.33 Å². The highest BCUT2D eigenvalue weighted by Crippen LogP contribution is 2.28. The number of H-pyrrole nitrogens is 1. The van der Waals surface area contributed by atoms with Gasteiger partial charge in [0, 0.05) is 29.0 Å². The molecule has 0 aliphatic carbocycles. The van der Waals surface area contributed by atoms with E-state index in [0.29, 0.717) is 5.02 Å². The molecule has 0 fully saturated rings. The molecule has 6 heteroatoms. The predicted octanol–water partition coefficient (Wildman–Crippen LogP) is 3.52. The van der Waals surface area contributed by atoms with Crippen molar-refractivity contribution < 1.29 is 0 Å². The number of halogens is 1. The Kier molecular flexibility index (Phi) is 4.45. The van der Waals surface area contributed by atoms with Crippen molar-refractivity contribution in [2.75, 3.05) is 31.5 Å². The average Bonchev–Trinajstić information content (AvgIpc) is 2.90. The molecular formula is C16H20ClN5. The zero-order chi connectivity index (χ0) is 15.5. The van der Waals surface area contributed by atoms with Gasteiger partial charge in [0.15, 0.2) is 5.82 Å². The van der Waals surface area contributed by atoms with E-state index < -0.39 is 0 Å². The Hall–Kier alpha value is -1.85. The molecule has 5 nitrogen and oxygen atoms in total. The summed E-state index contributed by atoms with van der Waals surface area (Å²) in [4.78, 5) is 14.5. The number of hydrogen-bond acceptors (Lipinski definition) is 4. The van der Waals surface area contributed by atoms with E-state index in [9.17, 15) is 0 Å². The van der Waals surface area contributed by atoms with Crippen molar-refractivity contribution in [3.05, 3.63) is 29.5 Å². The number of nitrogens with one attached hydrogen (secondary N) is 2. The highest BCUT2D eigenvalue weighted by Gasteiger charge is 2.10. The first-order chi connectivity index (χ1) is 10.7. The number of nitrogens with zero attached hydrogens (tertiary/aromatic N) is 3. The molecular weight excluding hydrogens is 298 g/mol. The fourth-order valence-electron chi connectivity index (χ4n) is 2.67. The van der Waals surface area contributed by atoms with E-state index >= 15 is 0 Å². The predicted molar refractivity (Wildman–Crippen MR) is 92.7 cm³/mol. The van der Waals surface area contributed by atoms with E-state index in [1.807, 2.05) is 18.2 Å². The van der Waals surface area contributed by atoms with Gasteiger partial charge in [-0.3, -0.25) is 0 Å². The van der Waals surface area contributed by atoms with Gasteiger partial charge in [-0.1, -0.05) is 25.4 Å². The second-order valence-electron chi connectivity index (χ2n) is 5.21. The topological polar surface area (TPSA) is 56.8 Å². The summed E-state index contributed by atoms with van der Waals surface area (Å²) in [6.45, 7) is 8.31. The monoisotopic (exact) mass is 317 g/mol. The fraction of sp³-hybridized carbons (Fsp3) is 0.375. The van der Waals surface area contributed by atoms with Gasteiger partial charge in [0.1, 0.15) is 17.4 Å². The van der Waals surface area contributed by atoms with E-state index in [0.717, 1.165) is 53.9 Å². The normalized spacial score (nSPS) is 11.6. The first-order valence-electron chi connectivity index (χ1n) is 7.61. The zero-order valence-corrected chi connectivity index (χ0v) is 13.6. The summed E-state index contributed by atoms with van der Waals surface area (Å²) in [6, 6.07) is 5.78. The summed E-state index contributed by atoms with van der Waals surface area (Å²) < 4.78 is 0. The van der Waals surface area contributed by atoms with Gasteiger partial charge in [-0.05, 0) is 31.3 Å². The van der Waals surface area contributed by atoms with E-state index in [-0.39, 0.29) is 0 Å². The number of aromatic nitrogens is 3. The Bertz CT molecular complexity index is 779. The van der Waals surface area contributed by atoms with Crippen LogP contribution >= 0.6 is 11.6 Å². The fourth-order valence-corrected chi connectivity index (χ4v) is 2.84. The van der Waals surface area contributed by atoms with Gasteiger partial charge in [0.25, 0.3) is 0 Å². The molecule has 3 rings (SSSR count). The van der Waals surface area contributed by atoms with Crippen LogP contribution < -0.4 is 5.32 Å². The van der Waals surface area contributed by atoms with Crippen LogP contribution in [0.3, 0.4) is 0 Å². The van der Waals surface area contributed by atoms with Crippen LogP contribution in [0.2, 0.25) is 5.02 Å². The molecule has 2 heterocycles. The van der Waals surface area contributed by atoms with Gasteiger partial charge < -0.3 is 15.2 Å². The molecule has 0 saturated carbocycles. The molecule has 0 aliphatic heterocycles. The minimum atomic E-state index is 0.711. The lowest BCUT2D eigenvalue weighted by atomic mass is 10.2. The lowest BCUT2D eigenvalue weighted by Gasteiger charge is -2.18. The van der Waals surface area contributed by atoms with Gasteiger partial charge in [-0.2, -0.15) is 0 Å². The van der Waals surface area contributed by atoms with Crippen LogP contribution in [0.25, 0.3) is 21.9 Å². The summed E-state index contributed by atoms with van der Waals surface area (Å²) in [7, 11) is 0. The van der Waals surface area contributed by atoms with Crippen LogP contribution in [0.1, 0.15) is 13.8 Å². The van der Waals surface area contributed by atoms with Crippen molar-refractivity contribution in [3.8, 4) is 0 Å². The smallest absolute Gasteiger partial charge is 0.153 e. The standard InChI is InChI=1S/C16H20ClN5/c1-3-22(4-2)8-7-18-16-15-14(19-10-20-16)12-9-11(17)5-6-13(12)21-15/h5-6,9-10,21H,3-4,7-8H2,1-2H3,(H,18,19,20). The van der Waals surface area contributed by atoms with Crippen molar-refractivity contribution in [1.82, 2.24) is 19.9 Å². The molecule has 2 aromatic heterocycles. The number of fused-ring (bicyclic) bond motifs is 3. The lowest BCUT2D eigenvalue weighted by molar-refractivity contribution is 0.316. The second-order valence-corrected chi connectivity index (χ2v) is 5.65. The number of benzene rings is 1. The highest BCUT2D eigenvalue weighted by molar-refractivity contribution is 6.31. The van der Waals surface area contributed by atoms with Crippen LogP contribution in [0.5, 0.6) is 0 Å². The SMILES string of the molecule is CCN(CC)CCNc1ncnc2c1[nH]c1ccc(Cl)cc12. The summed E-state index contributed by atoms with van der Waals surface area (Å²) >= 11 is 6.09.